The summed E-state index contributed by atoms with van der Waals surface area (Å²) in [5, 5.41) is 29.7. The van der Waals surface area contributed by atoms with E-state index in [-0.39, 0.29) is 11.3 Å². The molecule has 0 amide bonds. The topological polar surface area (TPSA) is 103 Å². The van der Waals surface area contributed by atoms with Crippen molar-refractivity contribution in [1.29, 1.82) is 0 Å². The molecule has 1 unspecified atom stereocenters. The first-order valence-corrected chi connectivity index (χ1v) is 9.93. The molecule has 0 spiro atoms. The minimum absolute atomic E-state index is 0.0774. The molecule has 29 heavy (non-hydrogen) atoms. The van der Waals surface area contributed by atoms with E-state index in [1.54, 1.807) is 24.5 Å². The van der Waals surface area contributed by atoms with E-state index in [9.17, 15) is 5.11 Å². The third-order valence-corrected chi connectivity index (χ3v) is 5.12. The van der Waals surface area contributed by atoms with E-state index in [1.165, 1.54) is 0 Å². The lowest BCUT2D eigenvalue weighted by molar-refractivity contribution is 0.373. The maximum Gasteiger partial charge on any atom is 0.245 e. The highest BCUT2D eigenvalue weighted by atomic mass is 35.5. The monoisotopic (exact) mass is 413 g/mol. The molecular weight excluding hydrogens is 390 g/mol. The number of nitrogens with zero attached hydrogens (tertiary/aromatic N) is 5. The summed E-state index contributed by atoms with van der Waals surface area (Å²) < 4.78 is 0. The lowest BCUT2D eigenvalue weighted by atomic mass is 10.0. The van der Waals surface area contributed by atoms with Gasteiger partial charge in [-0.1, -0.05) is 17.7 Å². The number of aromatic nitrogens is 5. The van der Waals surface area contributed by atoms with Crippen LogP contribution in [0.25, 0.3) is 22.4 Å². The Kier molecular flexibility index (Phi) is 5.14. The molecule has 1 saturated heterocycles. The minimum atomic E-state index is 0.0774. The SMILES string of the molecule is CC(C)(C)NC1CCN(c2ncc(-c3ccc(-c4cn[nH]c4Cl)cc3O)nn2)C1. The summed E-state index contributed by atoms with van der Waals surface area (Å²) >= 11 is 6.07. The number of anilines is 1. The fourth-order valence-electron chi connectivity index (χ4n) is 3.60. The Balaban J connectivity index is 1.49. The highest BCUT2D eigenvalue weighted by molar-refractivity contribution is 6.32. The van der Waals surface area contributed by atoms with Crippen molar-refractivity contribution >= 4 is 17.5 Å². The number of phenolic OH excluding ortho intramolecular Hbond substituents is 1. The number of hydrogen-bond acceptors (Lipinski definition) is 7. The van der Waals surface area contributed by atoms with Crippen LogP contribution in [0, 0.1) is 0 Å². The van der Waals surface area contributed by atoms with E-state index in [4.69, 9.17) is 11.6 Å². The van der Waals surface area contributed by atoms with Gasteiger partial charge in [-0.3, -0.25) is 5.10 Å². The van der Waals surface area contributed by atoms with Crippen LogP contribution in [0.4, 0.5) is 5.95 Å². The number of benzene rings is 1. The molecule has 3 N–H and O–H groups in total. The first-order chi connectivity index (χ1) is 13.8. The maximum atomic E-state index is 10.5. The molecule has 1 atom stereocenters. The van der Waals surface area contributed by atoms with Crippen molar-refractivity contribution in [3.63, 3.8) is 0 Å². The molecule has 4 rings (SSSR count). The van der Waals surface area contributed by atoms with Crippen molar-refractivity contribution in [1.82, 2.24) is 30.7 Å². The van der Waals surface area contributed by atoms with Crippen molar-refractivity contribution in [2.24, 2.45) is 0 Å². The Labute approximate surface area is 174 Å². The molecule has 1 aromatic carbocycles. The van der Waals surface area contributed by atoms with Gasteiger partial charge in [0.2, 0.25) is 5.95 Å². The second-order valence-corrected chi connectivity index (χ2v) is 8.68. The molecule has 2 aromatic heterocycles. The average Bonchev–Trinajstić information content (AvgIpc) is 3.29. The molecule has 0 radical (unpaired) electrons. The molecule has 3 aromatic rings. The zero-order chi connectivity index (χ0) is 20.6. The van der Waals surface area contributed by atoms with E-state index in [0.29, 0.717) is 28.4 Å². The van der Waals surface area contributed by atoms with Crippen LogP contribution in [0.15, 0.2) is 30.6 Å². The zero-order valence-corrected chi connectivity index (χ0v) is 17.4. The van der Waals surface area contributed by atoms with Crippen molar-refractivity contribution < 1.29 is 5.11 Å². The van der Waals surface area contributed by atoms with Crippen molar-refractivity contribution in [3.05, 3.63) is 35.7 Å². The fourth-order valence-corrected chi connectivity index (χ4v) is 3.80. The lowest BCUT2D eigenvalue weighted by Gasteiger charge is -2.25. The van der Waals surface area contributed by atoms with Crippen LogP contribution < -0.4 is 10.2 Å². The van der Waals surface area contributed by atoms with E-state index in [1.807, 2.05) is 6.07 Å². The van der Waals surface area contributed by atoms with Crippen molar-refractivity contribution in [2.45, 2.75) is 38.8 Å². The molecule has 0 saturated carbocycles. The fraction of sp³-hybridized carbons (Fsp3) is 0.400. The standard InChI is InChI=1S/C20H24ClN7O/c1-20(2,3)24-13-6-7-28(11-13)19-22-10-16(25-27-19)14-5-4-12(8-17(14)29)15-9-23-26-18(15)21/h4-5,8-10,13,24,29H,6-7,11H2,1-3H3,(H,23,26). The Morgan fingerprint density at radius 3 is 2.66 bits per heavy atom. The van der Waals surface area contributed by atoms with Gasteiger partial charge in [-0.2, -0.15) is 5.10 Å². The predicted molar refractivity (Wildman–Crippen MR) is 113 cm³/mol. The van der Waals surface area contributed by atoms with Gasteiger partial charge in [-0.15, -0.1) is 10.2 Å². The zero-order valence-electron chi connectivity index (χ0n) is 16.6. The Hall–Kier alpha value is -2.71. The summed E-state index contributed by atoms with van der Waals surface area (Å²) in [6.07, 6.45) is 4.30. The number of phenols is 1. The first kappa shape index (κ1) is 19.6. The summed E-state index contributed by atoms with van der Waals surface area (Å²) in [4.78, 5) is 6.60. The smallest absolute Gasteiger partial charge is 0.245 e. The van der Waals surface area contributed by atoms with E-state index < -0.39 is 0 Å². The molecule has 8 nitrogen and oxygen atoms in total. The third-order valence-electron chi connectivity index (χ3n) is 4.84. The third kappa shape index (κ3) is 4.33. The first-order valence-electron chi connectivity index (χ1n) is 9.55. The van der Waals surface area contributed by atoms with Gasteiger partial charge in [0.05, 0.1) is 12.4 Å². The molecular formula is C20H24ClN7O. The maximum absolute atomic E-state index is 10.5. The second-order valence-electron chi connectivity index (χ2n) is 8.30. The summed E-state index contributed by atoms with van der Waals surface area (Å²) in [5.74, 6) is 0.687. The summed E-state index contributed by atoms with van der Waals surface area (Å²) in [6, 6.07) is 5.66. The number of aromatic hydroxyl groups is 1. The average molecular weight is 414 g/mol. The van der Waals surface area contributed by atoms with Crippen LogP contribution in [-0.2, 0) is 0 Å². The Bertz CT molecular complexity index is 997. The number of hydrogen-bond donors (Lipinski definition) is 3. The predicted octanol–water partition coefficient (Wildman–Crippen LogP) is 3.25. The number of aromatic amines is 1. The van der Waals surface area contributed by atoms with Crippen LogP contribution in [0.5, 0.6) is 5.75 Å². The van der Waals surface area contributed by atoms with E-state index in [2.05, 4.69) is 56.4 Å². The van der Waals surface area contributed by atoms with Gasteiger partial charge in [0.15, 0.2) is 0 Å². The van der Waals surface area contributed by atoms with Crippen LogP contribution in [0.1, 0.15) is 27.2 Å². The molecule has 0 aliphatic carbocycles. The Morgan fingerprint density at radius 2 is 2.03 bits per heavy atom. The molecule has 1 aliphatic heterocycles. The highest BCUT2D eigenvalue weighted by Gasteiger charge is 2.27. The second kappa shape index (κ2) is 7.61. The van der Waals surface area contributed by atoms with Gasteiger partial charge < -0.3 is 15.3 Å². The minimum Gasteiger partial charge on any atom is -0.507 e. The summed E-state index contributed by atoms with van der Waals surface area (Å²) in [7, 11) is 0. The Morgan fingerprint density at radius 1 is 1.21 bits per heavy atom. The number of nitrogens with one attached hydrogen (secondary N) is 2. The van der Waals surface area contributed by atoms with Crippen LogP contribution in [0.2, 0.25) is 5.15 Å². The van der Waals surface area contributed by atoms with E-state index >= 15 is 0 Å². The summed E-state index contributed by atoms with van der Waals surface area (Å²) in [6.45, 7) is 8.24. The largest absolute Gasteiger partial charge is 0.507 e. The molecule has 152 valence electrons. The lowest BCUT2D eigenvalue weighted by Crippen LogP contribution is -2.45. The molecule has 1 fully saturated rings. The van der Waals surface area contributed by atoms with Crippen LogP contribution in [0.3, 0.4) is 0 Å². The van der Waals surface area contributed by atoms with E-state index in [0.717, 1.165) is 30.6 Å². The van der Waals surface area contributed by atoms with Crippen molar-refractivity contribution in [2.75, 3.05) is 18.0 Å². The van der Waals surface area contributed by atoms with Gasteiger partial charge in [-0.05, 0) is 44.9 Å². The van der Waals surface area contributed by atoms with Crippen LogP contribution in [-0.4, -0.2) is 55.2 Å². The van der Waals surface area contributed by atoms with Gasteiger partial charge in [0.1, 0.15) is 16.6 Å². The number of H-pyrrole nitrogens is 1. The number of halogens is 1. The van der Waals surface area contributed by atoms with Gasteiger partial charge in [0.25, 0.3) is 0 Å². The summed E-state index contributed by atoms with van der Waals surface area (Å²) in [5.41, 5.74) is 2.64. The molecule has 1 aliphatic rings. The molecule has 0 bridgehead atoms. The van der Waals surface area contributed by atoms with Gasteiger partial charge in [-0.25, -0.2) is 4.98 Å². The van der Waals surface area contributed by atoms with Gasteiger partial charge >= 0.3 is 0 Å². The molecule has 9 heteroatoms. The highest BCUT2D eigenvalue weighted by Crippen LogP contribution is 2.34. The van der Waals surface area contributed by atoms with Crippen molar-refractivity contribution in [3.8, 4) is 28.1 Å². The number of rotatable bonds is 4. The quantitative estimate of drug-likeness (QED) is 0.603. The van der Waals surface area contributed by atoms with Gasteiger partial charge in [0, 0.05) is 35.8 Å². The van der Waals surface area contributed by atoms with Crippen LogP contribution >= 0.6 is 11.6 Å². The normalized spacial score (nSPS) is 17.1. The molecule has 3 heterocycles.